The van der Waals surface area contributed by atoms with Crippen molar-refractivity contribution in [2.24, 2.45) is 11.3 Å². The van der Waals surface area contributed by atoms with E-state index in [9.17, 15) is 4.79 Å². The number of benzene rings is 1. The largest absolute Gasteiger partial charge is 0.298 e. The van der Waals surface area contributed by atoms with E-state index in [0.29, 0.717) is 27.1 Å². The number of aromatic nitrogens is 1. The van der Waals surface area contributed by atoms with Crippen LogP contribution in [-0.4, -0.2) is 10.9 Å². The molecule has 1 aliphatic rings. The summed E-state index contributed by atoms with van der Waals surface area (Å²) in [4.78, 5) is 18.2. The lowest BCUT2D eigenvalue weighted by atomic mass is 9.73. The van der Waals surface area contributed by atoms with Gasteiger partial charge in [0, 0.05) is 15.5 Å². The Labute approximate surface area is 146 Å². The first-order chi connectivity index (χ1) is 10.8. The standard InChI is InChI=1S/C18H21ClN2OS/c1-18(2,3)12-7-8-14-15(10-12)23-17(20-14)21-16(22)11-5-4-6-13(19)9-11/h4-6,9,12H,7-8,10H2,1-3H3,(H,20,21,22)/t12-/m0/s1. The SMILES string of the molecule is CC(C)(C)[C@H]1CCc2nc(NC(=O)c3cccc(Cl)c3)sc2C1. The number of carbonyl (C=O) groups excluding carboxylic acids is 1. The fourth-order valence-electron chi connectivity index (χ4n) is 2.97. The summed E-state index contributed by atoms with van der Waals surface area (Å²) in [6.07, 6.45) is 3.23. The van der Waals surface area contributed by atoms with Crippen LogP contribution in [0.2, 0.25) is 5.02 Å². The zero-order valence-corrected chi connectivity index (χ0v) is 15.2. The summed E-state index contributed by atoms with van der Waals surface area (Å²) in [5.74, 6) is 0.512. The predicted molar refractivity (Wildman–Crippen MR) is 96.5 cm³/mol. The highest BCUT2D eigenvalue weighted by Gasteiger charge is 2.30. The van der Waals surface area contributed by atoms with Crippen LogP contribution in [0, 0.1) is 11.3 Å². The van der Waals surface area contributed by atoms with Crippen molar-refractivity contribution in [3.8, 4) is 0 Å². The van der Waals surface area contributed by atoms with Gasteiger partial charge in [0.15, 0.2) is 5.13 Å². The molecule has 122 valence electrons. The Morgan fingerprint density at radius 2 is 2.17 bits per heavy atom. The van der Waals surface area contributed by atoms with Crippen molar-refractivity contribution >= 4 is 34.0 Å². The molecule has 2 aromatic rings. The number of thiazole rings is 1. The number of aryl methyl sites for hydroxylation is 1. The van der Waals surface area contributed by atoms with E-state index in [0.717, 1.165) is 18.5 Å². The lowest BCUT2D eigenvalue weighted by Gasteiger charge is -2.33. The van der Waals surface area contributed by atoms with Gasteiger partial charge in [-0.15, -0.1) is 11.3 Å². The van der Waals surface area contributed by atoms with Gasteiger partial charge in [-0.1, -0.05) is 38.4 Å². The molecule has 0 spiro atoms. The van der Waals surface area contributed by atoms with Crippen LogP contribution in [0.1, 0.15) is 48.1 Å². The molecule has 0 bridgehead atoms. The summed E-state index contributed by atoms with van der Waals surface area (Å²) >= 11 is 7.55. The number of anilines is 1. The number of hydrogen-bond donors (Lipinski definition) is 1. The molecule has 0 fully saturated rings. The molecule has 1 amide bonds. The summed E-state index contributed by atoms with van der Waals surface area (Å²) in [7, 11) is 0. The molecule has 1 aromatic heterocycles. The van der Waals surface area contributed by atoms with Crippen molar-refractivity contribution in [1.29, 1.82) is 0 Å². The smallest absolute Gasteiger partial charge is 0.257 e. The molecule has 0 saturated carbocycles. The maximum atomic E-state index is 12.3. The molecular weight excluding hydrogens is 328 g/mol. The molecule has 0 unspecified atom stereocenters. The normalized spacial score (nSPS) is 17.7. The van der Waals surface area contributed by atoms with Gasteiger partial charge in [-0.05, 0) is 48.8 Å². The molecule has 0 radical (unpaired) electrons. The van der Waals surface area contributed by atoms with E-state index in [-0.39, 0.29) is 5.91 Å². The van der Waals surface area contributed by atoms with E-state index in [1.807, 2.05) is 0 Å². The van der Waals surface area contributed by atoms with Crippen LogP contribution in [0.15, 0.2) is 24.3 Å². The average Bonchev–Trinajstić information content (AvgIpc) is 2.87. The van der Waals surface area contributed by atoms with E-state index >= 15 is 0 Å². The lowest BCUT2D eigenvalue weighted by Crippen LogP contribution is -2.26. The Kier molecular flexibility index (Phi) is 4.47. The number of nitrogens with zero attached hydrogens (tertiary/aromatic N) is 1. The van der Waals surface area contributed by atoms with Gasteiger partial charge in [0.1, 0.15) is 0 Å². The van der Waals surface area contributed by atoms with E-state index < -0.39 is 0 Å². The predicted octanol–water partition coefficient (Wildman–Crippen LogP) is 5.20. The molecule has 23 heavy (non-hydrogen) atoms. The van der Waals surface area contributed by atoms with E-state index in [4.69, 9.17) is 11.6 Å². The zero-order valence-electron chi connectivity index (χ0n) is 13.6. The highest BCUT2D eigenvalue weighted by atomic mass is 35.5. The lowest BCUT2D eigenvalue weighted by molar-refractivity contribution is 0.102. The molecule has 1 aliphatic carbocycles. The van der Waals surface area contributed by atoms with Crippen molar-refractivity contribution in [3.05, 3.63) is 45.4 Å². The highest BCUT2D eigenvalue weighted by molar-refractivity contribution is 7.15. The molecule has 0 aliphatic heterocycles. The van der Waals surface area contributed by atoms with Gasteiger partial charge in [0.05, 0.1) is 5.69 Å². The fraction of sp³-hybridized carbons (Fsp3) is 0.444. The second-order valence-electron chi connectivity index (χ2n) is 7.16. The minimum Gasteiger partial charge on any atom is -0.298 e. The number of nitrogens with one attached hydrogen (secondary N) is 1. The van der Waals surface area contributed by atoms with Crippen LogP contribution in [0.4, 0.5) is 5.13 Å². The van der Waals surface area contributed by atoms with Gasteiger partial charge >= 0.3 is 0 Å². The third-order valence-corrected chi connectivity index (χ3v) is 5.74. The zero-order chi connectivity index (χ0) is 16.6. The molecule has 0 saturated heterocycles. The number of carbonyl (C=O) groups is 1. The molecule has 3 rings (SSSR count). The van der Waals surface area contributed by atoms with Crippen LogP contribution in [0.3, 0.4) is 0 Å². The number of rotatable bonds is 2. The van der Waals surface area contributed by atoms with E-state index in [1.54, 1.807) is 35.6 Å². The first kappa shape index (κ1) is 16.5. The van der Waals surface area contributed by atoms with E-state index in [1.165, 1.54) is 11.3 Å². The van der Waals surface area contributed by atoms with Gasteiger partial charge in [0.25, 0.3) is 5.91 Å². The van der Waals surface area contributed by atoms with Crippen molar-refractivity contribution in [2.45, 2.75) is 40.0 Å². The molecule has 1 heterocycles. The number of hydrogen-bond acceptors (Lipinski definition) is 3. The summed E-state index contributed by atoms with van der Waals surface area (Å²) in [5, 5.41) is 4.15. The van der Waals surface area contributed by atoms with Crippen molar-refractivity contribution in [2.75, 3.05) is 5.32 Å². The van der Waals surface area contributed by atoms with Crippen LogP contribution >= 0.6 is 22.9 Å². The Morgan fingerprint density at radius 1 is 1.39 bits per heavy atom. The van der Waals surface area contributed by atoms with Crippen molar-refractivity contribution in [3.63, 3.8) is 0 Å². The van der Waals surface area contributed by atoms with Crippen molar-refractivity contribution < 1.29 is 4.79 Å². The molecule has 1 N–H and O–H groups in total. The maximum absolute atomic E-state index is 12.3. The van der Waals surface area contributed by atoms with Gasteiger partial charge in [-0.3, -0.25) is 10.1 Å². The van der Waals surface area contributed by atoms with Gasteiger partial charge in [-0.2, -0.15) is 0 Å². The fourth-order valence-corrected chi connectivity index (χ4v) is 4.24. The third kappa shape index (κ3) is 3.75. The molecule has 5 heteroatoms. The van der Waals surface area contributed by atoms with Gasteiger partial charge in [-0.25, -0.2) is 4.98 Å². The second kappa shape index (κ2) is 6.25. The Hall–Kier alpha value is -1.39. The Bertz CT molecular complexity index is 733. The third-order valence-electron chi connectivity index (χ3n) is 4.47. The van der Waals surface area contributed by atoms with Gasteiger partial charge < -0.3 is 0 Å². The van der Waals surface area contributed by atoms with Crippen molar-refractivity contribution in [1.82, 2.24) is 4.98 Å². The summed E-state index contributed by atoms with van der Waals surface area (Å²) < 4.78 is 0. The van der Waals surface area contributed by atoms with Crippen LogP contribution in [0.5, 0.6) is 0 Å². The molecule has 1 atom stereocenters. The topological polar surface area (TPSA) is 42.0 Å². The number of halogens is 1. The molecule has 1 aromatic carbocycles. The average molecular weight is 349 g/mol. The number of fused-ring (bicyclic) bond motifs is 1. The summed E-state index contributed by atoms with van der Waals surface area (Å²) in [6.45, 7) is 6.89. The summed E-state index contributed by atoms with van der Waals surface area (Å²) in [6, 6.07) is 6.95. The monoisotopic (exact) mass is 348 g/mol. The summed E-state index contributed by atoms with van der Waals surface area (Å²) in [5.41, 5.74) is 2.02. The van der Waals surface area contributed by atoms with Crippen LogP contribution in [-0.2, 0) is 12.8 Å². The second-order valence-corrected chi connectivity index (χ2v) is 8.68. The van der Waals surface area contributed by atoms with E-state index in [2.05, 4.69) is 31.1 Å². The molecular formula is C18H21ClN2OS. The van der Waals surface area contributed by atoms with Crippen LogP contribution < -0.4 is 5.32 Å². The minimum atomic E-state index is -0.161. The Morgan fingerprint density at radius 3 is 2.87 bits per heavy atom. The quantitative estimate of drug-likeness (QED) is 0.810. The number of amides is 1. The highest BCUT2D eigenvalue weighted by Crippen LogP contribution is 2.40. The molecule has 3 nitrogen and oxygen atoms in total. The first-order valence-electron chi connectivity index (χ1n) is 7.88. The minimum absolute atomic E-state index is 0.161. The Balaban J connectivity index is 1.74. The van der Waals surface area contributed by atoms with Gasteiger partial charge in [0.2, 0.25) is 0 Å². The maximum Gasteiger partial charge on any atom is 0.257 e. The first-order valence-corrected chi connectivity index (χ1v) is 9.08. The van der Waals surface area contributed by atoms with Crippen LogP contribution in [0.25, 0.3) is 0 Å².